The first-order valence-electron chi connectivity index (χ1n) is 5.76. The number of hydrogen-bond acceptors (Lipinski definition) is 5. The molecular weight excluding hydrogens is 224 g/mol. The fourth-order valence-corrected chi connectivity index (χ4v) is 1.96. The van der Waals surface area contributed by atoms with Crippen LogP contribution in [0, 0.1) is 11.8 Å². The minimum atomic E-state index is -1.15. The van der Waals surface area contributed by atoms with Gasteiger partial charge in [0.2, 0.25) is 0 Å². The molecule has 0 aliphatic heterocycles. The molecule has 0 aromatic rings. The quantitative estimate of drug-likeness (QED) is 0.533. The van der Waals surface area contributed by atoms with E-state index in [9.17, 15) is 19.2 Å². The smallest absolute Gasteiger partial charge is 0.309 e. The molecule has 94 valence electrons. The molecule has 1 aliphatic rings. The Balaban J connectivity index is 2.74. The Labute approximate surface area is 99.5 Å². The summed E-state index contributed by atoms with van der Waals surface area (Å²) in [6, 6.07) is 0. The van der Waals surface area contributed by atoms with E-state index in [1.54, 1.807) is 13.8 Å². The highest BCUT2D eigenvalue weighted by Gasteiger charge is 2.41. The Morgan fingerprint density at radius 2 is 1.71 bits per heavy atom. The van der Waals surface area contributed by atoms with Crippen molar-refractivity contribution in [3.8, 4) is 0 Å². The second kappa shape index (κ2) is 5.70. The zero-order valence-electron chi connectivity index (χ0n) is 10.0. The SMILES string of the molecule is CCOC(=O)C1CC(=O)C(C(=O)CC)C(=O)C1. The third-order valence-corrected chi connectivity index (χ3v) is 2.83. The largest absolute Gasteiger partial charge is 0.466 e. The van der Waals surface area contributed by atoms with Gasteiger partial charge in [-0.05, 0) is 6.92 Å². The zero-order chi connectivity index (χ0) is 13.0. The maximum absolute atomic E-state index is 11.7. The number of carbonyl (C=O) groups is 4. The second-order valence-electron chi connectivity index (χ2n) is 4.04. The van der Waals surface area contributed by atoms with Crippen LogP contribution in [-0.4, -0.2) is 29.9 Å². The maximum atomic E-state index is 11.7. The molecule has 17 heavy (non-hydrogen) atoms. The van der Waals surface area contributed by atoms with Crippen LogP contribution in [-0.2, 0) is 23.9 Å². The Morgan fingerprint density at radius 1 is 1.18 bits per heavy atom. The molecular formula is C12H16O5. The number of carbonyl (C=O) groups excluding carboxylic acids is 4. The molecule has 1 saturated carbocycles. The van der Waals surface area contributed by atoms with Crippen LogP contribution < -0.4 is 0 Å². The molecule has 1 fully saturated rings. The van der Waals surface area contributed by atoms with E-state index in [4.69, 9.17) is 4.74 Å². The third-order valence-electron chi connectivity index (χ3n) is 2.83. The highest BCUT2D eigenvalue weighted by atomic mass is 16.5. The van der Waals surface area contributed by atoms with Gasteiger partial charge in [-0.3, -0.25) is 19.2 Å². The number of hydrogen-bond donors (Lipinski definition) is 0. The molecule has 0 spiro atoms. The van der Waals surface area contributed by atoms with Crippen LogP contribution in [0.1, 0.15) is 33.1 Å². The normalized spacial score (nSPS) is 24.6. The van der Waals surface area contributed by atoms with Crippen LogP contribution in [0.25, 0.3) is 0 Å². The van der Waals surface area contributed by atoms with Crippen molar-refractivity contribution in [1.29, 1.82) is 0 Å². The Morgan fingerprint density at radius 3 is 2.12 bits per heavy atom. The molecule has 0 radical (unpaired) electrons. The van der Waals surface area contributed by atoms with Gasteiger partial charge in [0.15, 0.2) is 17.3 Å². The maximum Gasteiger partial charge on any atom is 0.309 e. The number of Topliss-reactive ketones (excluding diaryl/α,β-unsaturated/α-hetero) is 3. The van der Waals surface area contributed by atoms with Gasteiger partial charge in [0.05, 0.1) is 12.5 Å². The lowest BCUT2D eigenvalue weighted by Crippen LogP contribution is -2.41. The van der Waals surface area contributed by atoms with Gasteiger partial charge < -0.3 is 4.74 Å². The highest BCUT2D eigenvalue weighted by molar-refractivity contribution is 6.21. The summed E-state index contributed by atoms with van der Waals surface area (Å²) in [5.74, 6) is -3.65. The molecule has 0 amide bonds. The molecule has 0 unspecified atom stereocenters. The molecule has 0 N–H and O–H groups in total. The molecule has 0 heterocycles. The van der Waals surface area contributed by atoms with Gasteiger partial charge >= 0.3 is 5.97 Å². The van der Waals surface area contributed by atoms with Crippen molar-refractivity contribution >= 4 is 23.3 Å². The van der Waals surface area contributed by atoms with Gasteiger partial charge in [0.1, 0.15) is 5.92 Å². The summed E-state index contributed by atoms with van der Waals surface area (Å²) in [6.07, 6.45) is 0.0220. The lowest BCUT2D eigenvalue weighted by Gasteiger charge is -2.23. The molecule has 0 bridgehead atoms. The van der Waals surface area contributed by atoms with E-state index in [2.05, 4.69) is 0 Å². The molecule has 5 nitrogen and oxygen atoms in total. The molecule has 0 aromatic heterocycles. The van der Waals surface area contributed by atoms with Gasteiger partial charge in [-0.2, -0.15) is 0 Å². The van der Waals surface area contributed by atoms with E-state index in [1.165, 1.54) is 0 Å². The first-order valence-corrected chi connectivity index (χ1v) is 5.76. The van der Waals surface area contributed by atoms with Crippen molar-refractivity contribution in [2.75, 3.05) is 6.61 Å². The van der Waals surface area contributed by atoms with Crippen LogP contribution in [0.2, 0.25) is 0 Å². The van der Waals surface area contributed by atoms with E-state index >= 15 is 0 Å². The van der Waals surface area contributed by atoms with Gasteiger partial charge in [0, 0.05) is 19.3 Å². The minimum Gasteiger partial charge on any atom is -0.466 e. The van der Waals surface area contributed by atoms with Crippen LogP contribution in [0.15, 0.2) is 0 Å². The van der Waals surface area contributed by atoms with Crippen LogP contribution >= 0.6 is 0 Å². The van der Waals surface area contributed by atoms with Crippen molar-refractivity contribution in [3.05, 3.63) is 0 Å². The number of ketones is 3. The second-order valence-corrected chi connectivity index (χ2v) is 4.04. The zero-order valence-corrected chi connectivity index (χ0v) is 10.0. The predicted octanol–water partition coefficient (Wildman–Crippen LogP) is 0.693. The highest BCUT2D eigenvalue weighted by Crippen LogP contribution is 2.25. The fourth-order valence-electron chi connectivity index (χ4n) is 1.96. The molecule has 0 atom stereocenters. The summed E-state index contributed by atoms with van der Waals surface area (Å²) in [6.45, 7) is 3.49. The van der Waals surface area contributed by atoms with Gasteiger partial charge in [-0.15, -0.1) is 0 Å². The van der Waals surface area contributed by atoms with E-state index < -0.39 is 29.4 Å². The molecule has 1 aliphatic carbocycles. The van der Waals surface area contributed by atoms with Crippen molar-refractivity contribution in [3.63, 3.8) is 0 Å². The monoisotopic (exact) mass is 240 g/mol. The first kappa shape index (κ1) is 13.5. The average molecular weight is 240 g/mol. The van der Waals surface area contributed by atoms with Gasteiger partial charge in [-0.25, -0.2) is 0 Å². The van der Waals surface area contributed by atoms with Crippen LogP contribution in [0.3, 0.4) is 0 Å². The lowest BCUT2D eigenvalue weighted by molar-refractivity contribution is -0.156. The van der Waals surface area contributed by atoms with Gasteiger partial charge in [0.25, 0.3) is 0 Å². The molecule has 5 heteroatoms. The van der Waals surface area contributed by atoms with Crippen molar-refractivity contribution in [2.24, 2.45) is 11.8 Å². The summed E-state index contributed by atoms with van der Waals surface area (Å²) in [5, 5.41) is 0. The van der Waals surface area contributed by atoms with Crippen molar-refractivity contribution in [2.45, 2.75) is 33.1 Å². The minimum absolute atomic E-state index is 0.0685. The summed E-state index contributed by atoms with van der Waals surface area (Å²) in [4.78, 5) is 46.2. The van der Waals surface area contributed by atoms with Crippen molar-refractivity contribution in [1.82, 2.24) is 0 Å². The first-order chi connectivity index (χ1) is 8.01. The van der Waals surface area contributed by atoms with Crippen molar-refractivity contribution < 1.29 is 23.9 Å². The standard InChI is InChI=1S/C12H16O5/c1-3-8(13)11-9(14)5-7(6-10(11)15)12(16)17-4-2/h7,11H,3-6H2,1-2H3. The number of esters is 1. The summed E-state index contributed by atoms with van der Waals surface area (Å²) in [5.41, 5.74) is 0. The topological polar surface area (TPSA) is 77.5 Å². The van der Waals surface area contributed by atoms with E-state index in [0.29, 0.717) is 0 Å². The molecule has 0 aromatic carbocycles. The van der Waals surface area contributed by atoms with Crippen LogP contribution in [0.4, 0.5) is 0 Å². The Kier molecular flexibility index (Phi) is 4.54. The fraction of sp³-hybridized carbons (Fsp3) is 0.667. The molecule has 0 saturated heterocycles. The Hall–Kier alpha value is -1.52. The number of ether oxygens (including phenoxy) is 1. The van der Waals surface area contributed by atoms with Gasteiger partial charge in [-0.1, -0.05) is 6.92 Å². The summed E-state index contributed by atoms with van der Waals surface area (Å²) in [7, 11) is 0. The predicted molar refractivity (Wildman–Crippen MR) is 58.2 cm³/mol. The summed E-state index contributed by atoms with van der Waals surface area (Å²) >= 11 is 0. The average Bonchev–Trinajstić information content (AvgIpc) is 2.28. The third kappa shape index (κ3) is 2.99. The molecule has 1 rings (SSSR count). The van der Waals surface area contributed by atoms with E-state index in [1.807, 2.05) is 0 Å². The van der Waals surface area contributed by atoms with E-state index in [-0.39, 0.29) is 31.7 Å². The summed E-state index contributed by atoms with van der Waals surface area (Å²) < 4.78 is 4.77. The lowest BCUT2D eigenvalue weighted by atomic mass is 9.77. The Bertz CT molecular complexity index is 340. The van der Waals surface area contributed by atoms with Crippen LogP contribution in [0.5, 0.6) is 0 Å². The number of rotatable bonds is 4. The van der Waals surface area contributed by atoms with E-state index in [0.717, 1.165) is 0 Å².